The zero-order valence-electron chi connectivity index (χ0n) is 13.5. The molecular weight excluding hydrogens is 324 g/mol. The van der Waals surface area contributed by atoms with Gasteiger partial charge in [-0.25, -0.2) is 13.8 Å². The molecule has 2 aromatic rings. The molecular formula is C20H17F2NO2. The molecule has 0 spiro atoms. The van der Waals surface area contributed by atoms with Gasteiger partial charge in [-0.3, -0.25) is 4.79 Å². The van der Waals surface area contributed by atoms with Crippen LogP contribution in [0.4, 0.5) is 8.78 Å². The summed E-state index contributed by atoms with van der Waals surface area (Å²) in [6, 6.07) is 11.4. The van der Waals surface area contributed by atoms with Crippen molar-refractivity contribution >= 4 is 5.97 Å². The molecule has 128 valence electrons. The highest BCUT2D eigenvalue weighted by molar-refractivity contribution is 5.71. The monoisotopic (exact) mass is 341 g/mol. The van der Waals surface area contributed by atoms with Gasteiger partial charge >= 0.3 is 5.97 Å². The zero-order chi connectivity index (χ0) is 17.9. The third-order valence-corrected chi connectivity index (χ3v) is 4.56. The van der Waals surface area contributed by atoms with Gasteiger partial charge in [0.15, 0.2) is 5.67 Å². The van der Waals surface area contributed by atoms with Crippen molar-refractivity contribution in [2.75, 3.05) is 0 Å². The summed E-state index contributed by atoms with van der Waals surface area (Å²) in [5.74, 6) is 2.66. The van der Waals surface area contributed by atoms with Crippen LogP contribution in [0.3, 0.4) is 0 Å². The number of alkyl halides is 1. The molecule has 25 heavy (non-hydrogen) atoms. The van der Waals surface area contributed by atoms with E-state index >= 15 is 4.39 Å². The SMILES string of the molecule is O=C(O)[C@@H]1CC[C@](F)(C#Cc2cc(F)ccn2)C[C@H]1c1ccccc1. The molecule has 1 saturated carbocycles. The Kier molecular flexibility index (Phi) is 4.80. The van der Waals surface area contributed by atoms with Crippen LogP contribution < -0.4 is 0 Å². The number of pyridine rings is 1. The first kappa shape index (κ1) is 17.1. The lowest BCUT2D eigenvalue weighted by Gasteiger charge is -2.35. The van der Waals surface area contributed by atoms with E-state index in [-0.39, 0.29) is 25.0 Å². The number of aliphatic carboxylic acids is 1. The van der Waals surface area contributed by atoms with Crippen molar-refractivity contribution in [2.24, 2.45) is 5.92 Å². The molecule has 1 aliphatic carbocycles. The van der Waals surface area contributed by atoms with Crippen molar-refractivity contribution in [3.05, 3.63) is 65.7 Å². The topological polar surface area (TPSA) is 50.2 Å². The first-order chi connectivity index (χ1) is 12.0. The Morgan fingerprint density at radius 1 is 1.28 bits per heavy atom. The van der Waals surface area contributed by atoms with Gasteiger partial charge in [0.1, 0.15) is 11.5 Å². The van der Waals surface area contributed by atoms with Crippen LogP contribution in [-0.4, -0.2) is 21.7 Å². The van der Waals surface area contributed by atoms with E-state index in [1.54, 1.807) is 0 Å². The van der Waals surface area contributed by atoms with E-state index in [1.165, 1.54) is 12.3 Å². The van der Waals surface area contributed by atoms with Crippen molar-refractivity contribution in [1.29, 1.82) is 0 Å². The molecule has 1 aromatic carbocycles. The minimum absolute atomic E-state index is 0.00367. The van der Waals surface area contributed by atoms with Crippen LogP contribution >= 0.6 is 0 Å². The Morgan fingerprint density at radius 2 is 2.04 bits per heavy atom. The number of carboxylic acids is 1. The first-order valence-corrected chi connectivity index (χ1v) is 8.08. The zero-order valence-corrected chi connectivity index (χ0v) is 13.5. The number of nitrogens with zero attached hydrogens (tertiary/aromatic N) is 1. The molecule has 0 unspecified atom stereocenters. The molecule has 5 heteroatoms. The second-order valence-electron chi connectivity index (χ2n) is 6.28. The lowest BCUT2D eigenvalue weighted by Crippen LogP contribution is -2.37. The van der Waals surface area contributed by atoms with Crippen LogP contribution in [0.25, 0.3) is 0 Å². The summed E-state index contributed by atoms with van der Waals surface area (Å²) in [6.07, 6.45) is 1.51. The highest BCUT2D eigenvalue weighted by Gasteiger charge is 2.43. The quantitative estimate of drug-likeness (QED) is 0.842. The molecule has 0 bridgehead atoms. The van der Waals surface area contributed by atoms with E-state index in [1.807, 2.05) is 30.3 Å². The number of benzene rings is 1. The van der Waals surface area contributed by atoms with Gasteiger partial charge in [-0.15, -0.1) is 0 Å². The predicted octanol–water partition coefficient (Wildman–Crippen LogP) is 3.95. The third-order valence-electron chi connectivity index (χ3n) is 4.56. The highest BCUT2D eigenvalue weighted by atomic mass is 19.1. The third kappa shape index (κ3) is 4.03. The standard InChI is InChI=1S/C20H17F2NO2/c21-15-8-11-23-16(12-15)6-9-20(22)10-7-17(19(24)25)18(13-20)14-4-2-1-3-5-14/h1-5,8,11-12,17-18H,7,10,13H2,(H,24,25)/t17-,18+,20-/m1/s1. The fraction of sp³-hybridized carbons (Fsp3) is 0.300. The first-order valence-electron chi connectivity index (χ1n) is 8.08. The average Bonchev–Trinajstić information content (AvgIpc) is 2.61. The van der Waals surface area contributed by atoms with Crippen LogP contribution in [-0.2, 0) is 4.79 Å². The van der Waals surface area contributed by atoms with E-state index in [0.29, 0.717) is 0 Å². The Morgan fingerprint density at radius 3 is 2.72 bits per heavy atom. The minimum atomic E-state index is -1.82. The van der Waals surface area contributed by atoms with Gasteiger partial charge in [0.2, 0.25) is 0 Å². The molecule has 0 amide bonds. The van der Waals surface area contributed by atoms with Gasteiger partial charge in [-0.1, -0.05) is 36.3 Å². The van der Waals surface area contributed by atoms with Crippen molar-refractivity contribution in [3.8, 4) is 11.8 Å². The van der Waals surface area contributed by atoms with Crippen molar-refractivity contribution in [3.63, 3.8) is 0 Å². The Labute approximate surface area is 144 Å². The van der Waals surface area contributed by atoms with Gasteiger partial charge < -0.3 is 5.11 Å². The van der Waals surface area contributed by atoms with Crippen LogP contribution in [0, 0.1) is 23.6 Å². The van der Waals surface area contributed by atoms with Gasteiger partial charge in [0, 0.05) is 24.6 Å². The molecule has 3 nitrogen and oxygen atoms in total. The van der Waals surface area contributed by atoms with Gasteiger partial charge in [0.05, 0.1) is 5.92 Å². The van der Waals surface area contributed by atoms with Gasteiger partial charge in [-0.05, 0) is 30.4 Å². The van der Waals surface area contributed by atoms with E-state index in [0.717, 1.165) is 11.6 Å². The normalized spacial score (nSPS) is 25.7. The summed E-state index contributed by atoms with van der Waals surface area (Å²) in [5.41, 5.74) is -0.864. The molecule has 1 aromatic heterocycles. The van der Waals surface area contributed by atoms with Gasteiger partial charge in [0.25, 0.3) is 0 Å². The minimum Gasteiger partial charge on any atom is -0.481 e. The number of halogens is 2. The average molecular weight is 341 g/mol. The van der Waals surface area contributed by atoms with E-state index < -0.39 is 29.3 Å². The molecule has 1 N–H and O–H groups in total. The number of rotatable bonds is 2. The number of hydrogen-bond donors (Lipinski definition) is 1. The van der Waals surface area contributed by atoms with E-state index in [2.05, 4.69) is 16.8 Å². The second-order valence-corrected chi connectivity index (χ2v) is 6.28. The fourth-order valence-electron chi connectivity index (χ4n) is 3.29. The Balaban J connectivity index is 1.88. The van der Waals surface area contributed by atoms with Crippen LogP contribution in [0.5, 0.6) is 0 Å². The van der Waals surface area contributed by atoms with E-state index in [4.69, 9.17) is 0 Å². The number of aromatic nitrogens is 1. The number of hydrogen-bond acceptors (Lipinski definition) is 2. The van der Waals surface area contributed by atoms with Crippen LogP contribution in [0.15, 0.2) is 48.7 Å². The molecule has 1 heterocycles. The molecule has 1 aliphatic rings. The molecule has 0 aliphatic heterocycles. The summed E-state index contributed by atoms with van der Waals surface area (Å²) in [7, 11) is 0. The molecule has 0 radical (unpaired) electrons. The summed E-state index contributed by atoms with van der Waals surface area (Å²) >= 11 is 0. The maximum Gasteiger partial charge on any atom is 0.307 e. The predicted molar refractivity (Wildman–Crippen MR) is 89.1 cm³/mol. The number of carbonyl (C=O) groups is 1. The van der Waals surface area contributed by atoms with Crippen molar-refractivity contribution in [1.82, 2.24) is 4.98 Å². The maximum absolute atomic E-state index is 15.2. The second kappa shape index (κ2) is 7.02. The summed E-state index contributed by atoms with van der Waals surface area (Å²) in [6.45, 7) is 0. The summed E-state index contributed by atoms with van der Waals surface area (Å²) < 4.78 is 28.4. The lowest BCUT2D eigenvalue weighted by atomic mass is 9.70. The Bertz CT molecular complexity index is 828. The van der Waals surface area contributed by atoms with Crippen LogP contribution in [0.2, 0.25) is 0 Å². The molecule has 0 saturated heterocycles. The largest absolute Gasteiger partial charge is 0.481 e. The summed E-state index contributed by atoms with van der Waals surface area (Å²) in [4.78, 5) is 15.5. The molecule has 1 fully saturated rings. The maximum atomic E-state index is 15.2. The molecule has 3 atom stereocenters. The van der Waals surface area contributed by atoms with E-state index in [9.17, 15) is 14.3 Å². The van der Waals surface area contributed by atoms with Gasteiger partial charge in [-0.2, -0.15) is 0 Å². The highest BCUT2D eigenvalue weighted by Crippen LogP contribution is 2.44. The molecule has 3 rings (SSSR count). The number of carboxylic acid groups (broad SMARTS) is 1. The fourth-order valence-corrected chi connectivity index (χ4v) is 3.29. The van der Waals surface area contributed by atoms with Crippen molar-refractivity contribution in [2.45, 2.75) is 30.8 Å². The lowest BCUT2D eigenvalue weighted by molar-refractivity contribution is -0.144. The van der Waals surface area contributed by atoms with Crippen molar-refractivity contribution < 1.29 is 18.7 Å². The smallest absolute Gasteiger partial charge is 0.307 e. The summed E-state index contributed by atoms with van der Waals surface area (Å²) in [5, 5.41) is 9.47. The Hall–Kier alpha value is -2.74. The van der Waals surface area contributed by atoms with Crippen LogP contribution in [0.1, 0.15) is 36.4 Å².